The Morgan fingerprint density at radius 1 is 1.18 bits per heavy atom. The van der Waals surface area contributed by atoms with E-state index in [-0.39, 0.29) is 0 Å². The van der Waals surface area contributed by atoms with Crippen LogP contribution in [0, 0.1) is 6.92 Å². The Morgan fingerprint density at radius 3 is 2.71 bits per heavy atom. The average Bonchev–Trinajstić information content (AvgIpc) is 2.67. The van der Waals surface area contributed by atoms with Crippen LogP contribution in [0.25, 0.3) is 21.8 Å². The second-order valence-corrected chi connectivity index (χ2v) is 4.19. The van der Waals surface area contributed by atoms with Crippen LogP contribution in [-0.2, 0) is 0 Å². The van der Waals surface area contributed by atoms with Crippen molar-refractivity contribution in [2.75, 3.05) is 0 Å². The van der Waals surface area contributed by atoms with E-state index in [4.69, 9.17) is 5.11 Å². The molecule has 0 aliphatic carbocycles. The Kier molecular flexibility index (Phi) is 1.95. The summed E-state index contributed by atoms with van der Waals surface area (Å²) in [5, 5.41) is 11.3. The predicted molar refractivity (Wildman–Crippen MR) is 67.5 cm³/mol. The molecule has 0 amide bonds. The fourth-order valence-corrected chi connectivity index (χ4v) is 2.32. The molecule has 3 aromatic rings. The minimum atomic E-state index is -0.895. The van der Waals surface area contributed by atoms with Gasteiger partial charge in [0.1, 0.15) is 0 Å². The molecular formula is C14H11NO2. The van der Waals surface area contributed by atoms with E-state index in [1.807, 2.05) is 31.2 Å². The smallest absolute Gasteiger partial charge is 0.335 e. The van der Waals surface area contributed by atoms with Crippen LogP contribution in [0.15, 0.2) is 36.4 Å². The van der Waals surface area contributed by atoms with Gasteiger partial charge in [-0.25, -0.2) is 4.79 Å². The van der Waals surface area contributed by atoms with Crippen molar-refractivity contribution in [1.29, 1.82) is 0 Å². The number of benzene rings is 2. The normalized spacial score (nSPS) is 11.1. The first-order valence-corrected chi connectivity index (χ1v) is 5.41. The van der Waals surface area contributed by atoms with Crippen LogP contribution >= 0.6 is 0 Å². The van der Waals surface area contributed by atoms with E-state index in [2.05, 4.69) is 4.98 Å². The second-order valence-electron chi connectivity index (χ2n) is 4.19. The molecule has 0 radical (unpaired) electrons. The van der Waals surface area contributed by atoms with Crippen LogP contribution in [0.1, 0.15) is 15.9 Å². The molecule has 3 nitrogen and oxygen atoms in total. The average molecular weight is 225 g/mol. The lowest BCUT2D eigenvalue weighted by molar-refractivity contribution is 0.0697. The van der Waals surface area contributed by atoms with Crippen LogP contribution in [-0.4, -0.2) is 16.1 Å². The van der Waals surface area contributed by atoms with Crippen LogP contribution in [0.2, 0.25) is 0 Å². The molecule has 2 N–H and O–H groups in total. The van der Waals surface area contributed by atoms with Gasteiger partial charge in [0, 0.05) is 21.8 Å². The monoisotopic (exact) mass is 225 g/mol. The number of nitrogens with one attached hydrogen (secondary N) is 1. The third-order valence-corrected chi connectivity index (χ3v) is 3.05. The molecule has 0 bridgehead atoms. The standard InChI is InChI=1S/C14H11NO2/c1-8-6-9(14(16)17)7-12-13(8)10-4-2-3-5-11(10)15-12/h2-7,15H,1H3,(H,16,17). The SMILES string of the molecule is Cc1cc(C(=O)O)cc2[nH]c3ccccc3c12. The summed E-state index contributed by atoms with van der Waals surface area (Å²) in [5.74, 6) is -0.895. The lowest BCUT2D eigenvalue weighted by Crippen LogP contribution is -1.96. The molecule has 1 aromatic heterocycles. The number of aromatic carboxylic acids is 1. The highest BCUT2D eigenvalue weighted by atomic mass is 16.4. The number of carboxylic acid groups (broad SMARTS) is 1. The number of fused-ring (bicyclic) bond motifs is 3. The van der Waals surface area contributed by atoms with Crippen molar-refractivity contribution in [2.24, 2.45) is 0 Å². The van der Waals surface area contributed by atoms with Crippen LogP contribution in [0.4, 0.5) is 0 Å². The number of rotatable bonds is 1. The van der Waals surface area contributed by atoms with E-state index in [0.29, 0.717) is 5.56 Å². The zero-order valence-electron chi connectivity index (χ0n) is 9.32. The molecule has 84 valence electrons. The van der Waals surface area contributed by atoms with E-state index in [9.17, 15) is 4.79 Å². The van der Waals surface area contributed by atoms with Crippen molar-refractivity contribution in [2.45, 2.75) is 6.92 Å². The maximum absolute atomic E-state index is 11.0. The molecule has 0 spiro atoms. The number of aromatic amines is 1. The van der Waals surface area contributed by atoms with Gasteiger partial charge in [-0.1, -0.05) is 18.2 Å². The fraction of sp³-hybridized carbons (Fsp3) is 0.0714. The molecule has 0 fully saturated rings. The molecule has 0 unspecified atom stereocenters. The molecule has 3 rings (SSSR count). The Hall–Kier alpha value is -2.29. The maximum atomic E-state index is 11.0. The van der Waals surface area contributed by atoms with Gasteiger partial charge in [-0.2, -0.15) is 0 Å². The molecule has 17 heavy (non-hydrogen) atoms. The van der Waals surface area contributed by atoms with Crippen molar-refractivity contribution < 1.29 is 9.90 Å². The molecule has 0 aliphatic heterocycles. The minimum absolute atomic E-state index is 0.321. The van der Waals surface area contributed by atoms with Crippen molar-refractivity contribution in [3.05, 3.63) is 47.5 Å². The summed E-state index contributed by atoms with van der Waals surface area (Å²) in [6.07, 6.45) is 0. The van der Waals surface area contributed by atoms with Gasteiger partial charge < -0.3 is 10.1 Å². The van der Waals surface area contributed by atoms with Gasteiger partial charge in [0.2, 0.25) is 0 Å². The molecule has 0 aliphatic rings. The van der Waals surface area contributed by atoms with Crippen LogP contribution < -0.4 is 0 Å². The lowest BCUT2D eigenvalue weighted by atomic mass is 10.0. The molecule has 0 atom stereocenters. The van der Waals surface area contributed by atoms with Gasteiger partial charge in [-0.3, -0.25) is 0 Å². The van der Waals surface area contributed by atoms with Crippen LogP contribution in [0.5, 0.6) is 0 Å². The van der Waals surface area contributed by atoms with Gasteiger partial charge in [-0.15, -0.1) is 0 Å². The first kappa shape index (κ1) is 9.90. The van der Waals surface area contributed by atoms with Crippen LogP contribution in [0.3, 0.4) is 0 Å². The maximum Gasteiger partial charge on any atom is 0.335 e. The number of H-pyrrole nitrogens is 1. The first-order chi connectivity index (χ1) is 8.16. The van der Waals surface area contributed by atoms with E-state index in [1.165, 1.54) is 0 Å². The van der Waals surface area contributed by atoms with E-state index >= 15 is 0 Å². The summed E-state index contributed by atoms with van der Waals surface area (Å²) < 4.78 is 0. The highest BCUT2D eigenvalue weighted by Crippen LogP contribution is 2.29. The van der Waals surface area contributed by atoms with Gasteiger partial charge in [-0.05, 0) is 30.7 Å². The zero-order valence-corrected chi connectivity index (χ0v) is 9.32. The van der Waals surface area contributed by atoms with Crippen molar-refractivity contribution in [1.82, 2.24) is 4.98 Å². The summed E-state index contributed by atoms with van der Waals surface area (Å²) in [7, 11) is 0. The number of para-hydroxylation sites is 1. The van der Waals surface area contributed by atoms with Crippen molar-refractivity contribution in [3.63, 3.8) is 0 Å². The summed E-state index contributed by atoms with van der Waals surface area (Å²) >= 11 is 0. The lowest BCUT2D eigenvalue weighted by Gasteiger charge is -2.00. The largest absolute Gasteiger partial charge is 0.478 e. The predicted octanol–water partition coefficient (Wildman–Crippen LogP) is 3.33. The van der Waals surface area contributed by atoms with E-state index in [0.717, 1.165) is 27.4 Å². The number of aromatic nitrogens is 1. The number of aryl methyl sites for hydroxylation is 1. The topological polar surface area (TPSA) is 53.1 Å². The third kappa shape index (κ3) is 1.40. The van der Waals surface area contributed by atoms with Crippen molar-refractivity contribution in [3.8, 4) is 0 Å². The number of carbonyl (C=O) groups is 1. The summed E-state index contributed by atoms with van der Waals surface area (Å²) in [6.45, 7) is 1.94. The zero-order chi connectivity index (χ0) is 12.0. The fourth-order valence-electron chi connectivity index (χ4n) is 2.32. The molecule has 0 saturated carbocycles. The summed E-state index contributed by atoms with van der Waals surface area (Å²) in [4.78, 5) is 14.2. The molecule has 2 aromatic carbocycles. The number of carboxylic acids is 1. The highest BCUT2D eigenvalue weighted by molar-refractivity contribution is 6.10. The third-order valence-electron chi connectivity index (χ3n) is 3.05. The Bertz CT molecular complexity index is 740. The molecular weight excluding hydrogens is 214 g/mol. The summed E-state index contributed by atoms with van der Waals surface area (Å²) in [5.41, 5.74) is 3.22. The van der Waals surface area contributed by atoms with Gasteiger partial charge >= 0.3 is 5.97 Å². The highest BCUT2D eigenvalue weighted by Gasteiger charge is 2.10. The second kappa shape index (κ2) is 3.35. The van der Waals surface area contributed by atoms with Gasteiger partial charge in [0.15, 0.2) is 0 Å². The number of hydrogen-bond donors (Lipinski definition) is 2. The Morgan fingerprint density at radius 2 is 1.94 bits per heavy atom. The minimum Gasteiger partial charge on any atom is -0.478 e. The molecule has 0 saturated heterocycles. The molecule has 1 heterocycles. The Labute approximate surface area is 97.7 Å². The first-order valence-electron chi connectivity index (χ1n) is 5.41. The van der Waals surface area contributed by atoms with E-state index in [1.54, 1.807) is 12.1 Å². The van der Waals surface area contributed by atoms with Gasteiger partial charge in [0.05, 0.1) is 5.56 Å². The van der Waals surface area contributed by atoms with Gasteiger partial charge in [0.25, 0.3) is 0 Å². The van der Waals surface area contributed by atoms with Crippen molar-refractivity contribution >= 4 is 27.8 Å². The summed E-state index contributed by atoms with van der Waals surface area (Å²) in [6, 6.07) is 11.4. The molecule has 3 heteroatoms. The quantitative estimate of drug-likeness (QED) is 0.667. The Balaban J connectivity index is 2.48. The van der Waals surface area contributed by atoms with E-state index < -0.39 is 5.97 Å². The number of hydrogen-bond acceptors (Lipinski definition) is 1.